The number of carbonyl (C=O) groups is 1. The van der Waals surface area contributed by atoms with Crippen molar-refractivity contribution in [2.75, 3.05) is 13.7 Å². The van der Waals surface area contributed by atoms with Crippen LogP contribution in [0.2, 0.25) is 0 Å². The molecule has 1 heterocycles. The Labute approximate surface area is 150 Å². The van der Waals surface area contributed by atoms with Crippen LogP contribution in [0.3, 0.4) is 0 Å². The summed E-state index contributed by atoms with van der Waals surface area (Å²) in [5.74, 6) is 2.12. The fraction of sp³-hybridized carbons (Fsp3) is 0.200. The number of amides is 1. The predicted octanol–water partition coefficient (Wildman–Crippen LogP) is 3.65. The third-order valence-electron chi connectivity index (χ3n) is 2.70. The van der Waals surface area contributed by atoms with Crippen LogP contribution in [-0.2, 0) is 4.79 Å². The number of halogens is 2. The molecule has 0 fully saturated rings. The Kier molecular flexibility index (Phi) is 6.23. The Morgan fingerprint density at radius 2 is 2.04 bits per heavy atom. The summed E-state index contributed by atoms with van der Waals surface area (Å²) >= 11 is 6.73. The molecule has 2 aromatic rings. The Balaban J connectivity index is 1.88. The van der Waals surface area contributed by atoms with Crippen molar-refractivity contribution >= 4 is 44.0 Å². The lowest BCUT2D eigenvalue weighted by atomic mass is 10.3. The number of furan rings is 1. The molecule has 0 saturated carbocycles. The molecule has 23 heavy (non-hydrogen) atoms. The molecule has 0 bridgehead atoms. The standard InChI is InChI=1S/C15H14Br2N2O4/c1-9-3-4-10(23-9)7-18-19-14(20)8-22-15-12(16)5-11(21-2)6-13(15)17/h3-7H,8H2,1-2H3,(H,19,20). The molecule has 1 aromatic heterocycles. The minimum Gasteiger partial charge on any atom is -0.497 e. The lowest BCUT2D eigenvalue weighted by molar-refractivity contribution is -0.123. The highest BCUT2D eigenvalue weighted by Crippen LogP contribution is 2.37. The lowest BCUT2D eigenvalue weighted by Crippen LogP contribution is -2.24. The zero-order chi connectivity index (χ0) is 16.8. The number of carbonyl (C=O) groups excluding carboxylic acids is 1. The lowest BCUT2D eigenvalue weighted by Gasteiger charge is -2.11. The molecule has 6 nitrogen and oxygen atoms in total. The largest absolute Gasteiger partial charge is 0.497 e. The van der Waals surface area contributed by atoms with E-state index < -0.39 is 0 Å². The van der Waals surface area contributed by atoms with E-state index in [0.717, 1.165) is 5.76 Å². The van der Waals surface area contributed by atoms with Crippen molar-refractivity contribution in [3.8, 4) is 11.5 Å². The predicted molar refractivity (Wildman–Crippen MR) is 93.1 cm³/mol. The highest BCUT2D eigenvalue weighted by molar-refractivity contribution is 9.11. The number of nitrogens with one attached hydrogen (secondary N) is 1. The normalized spacial score (nSPS) is 10.8. The first kappa shape index (κ1) is 17.6. The topological polar surface area (TPSA) is 73.1 Å². The van der Waals surface area contributed by atoms with Gasteiger partial charge in [0, 0.05) is 0 Å². The first-order valence-corrected chi connectivity index (χ1v) is 8.12. The second-order valence-corrected chi connectivity index (χ2v) is 6.16. The molecule has 1 N–H and O–H groups in total. The van der Waals surface area contributed by atoms with Crippen LogP contribution in [0.5, 0.6) is 11.5 Å². The number of methoxy groups -OCH3 is 1. The Morgan fingerprint density at radius 3 is 2.61 bits per heavy atom. The molecule has 2 rings (SSSR count). The Hall–Kier alpha value is -1.80. The first-order chi connectivity index (χ1) is 11.0. The minimum atomic E-state index is -0.390. The van der Waals surface area contributed by atoms with Gasteiger partial charge in [0.1, 0.15) is 23.0 Å². The summed E-state index contributed by atoms with van der Waals surface area (Å²) in [5.41, 5.74) is 2.36. The van der Waals surface area contributed by atoms with Crippen molar-refractivity contribution in [2.24, 2.45) is 5.10 Å². The Bertz CT molecular complexity index is 705. The Morgan fingerprint density at radius 1 is 1.35 bits per heavy atom. The van der Waals surface area contributed by atoms with Crippen LogP contribution in [0, 0.1) is 6.92 Å². The second kappa shape index (κ2) is 8.16. The molecular weight excluding hydrogens is 432 g/mol. The summed E-state index contributed by atoms with van der Waals surface area (Å²) in [6.07, 6.45) is 1.42. The summed E-state index contributed by atoms with van der Waals surface area (Å²) in [6.45, 7) is 1.65. The van der Waals surface area contributed by atoms with Gasteiger partial charge in [-0.1, -0.05) is 0 Å². The molecule has 0 aliphatic rings. The second-order valence-electron chi connectivity index (χ2n) is 4.45. The van der Waals surface area contributed by atoms with Crippen LogP contribution in [0.25, 0.3) is 0 Å². The summed E-state index contributed by atoms with van der Waals surface area (Å²) in [5, 5.41) is 3.80. The van der Waals surface area contributed by atoms with Gasteiger partial charge < -0.3 is 13.9 Å². The molecule has 1 aromatic carbocycles. The zero-order valence-corrected chi connectivity index (χ0v) is 15.6. The van der Waals surface area contributed by atoms with Gasteiger partial charge in [0.2, 0.25) is 0 Å². The maximum absolute atomic E-state index is 11.7. The summed E-state index contributed by atoms with van der Waals surface area (Å²) in [7, 11) is 1.57. The number of aryl methyl sites for hydroxylation is 1. The van der Waals surface area contributed by atoms with Crippen LogP contribution in [0.1, 0.15) is 11.5 Å². The molecular formula is C15H14Br2N2O4. The van der Waals surface area contributed by atoms with E-state index in [1.165, 1.54) is 6.21 Å². The quantitative estimate of drug-likeness (QED) is 0.544. The molecule has 0 aliphatic carbocycles. The van der Waals surface area contributed by atoms with E-state index >= 15 is 0 Å². The van der Waals surface area contributed by atoms with Crippen molar-refractivity contribution < 1.29 is 18.7 Å². The summed E-state index contributed by atoms with van der Waals surface area (Å²) in [6, 6.07) is 7.06. The molecule has 1 amide bonds. The van der Waals surface area contributed by atoms with E-state index in [9.17, 15) is 4.79 Å². The van der Waals surface area contributed by atoms with Crippen molar-refractivity contribution in [2.45, 2.75) is 6.92 Å². The van der Waals surface area contributed by atoms with E-state index in [0.29, 0.717) is 26.2 Å². The van der Waals surface area contributed by atoms with Crippen LogP contribution < -0.4 is 14.9 Å². The van der Waals surface area contributed by atoms with Gasteiger partial charge in [0.25, 0.3) is 5.91 Å². The highest BCUT2D eigenvalue weighted by atomic mass is 79.9. The average molecular weight is 446 g/mol. The number of rotatable bonds is 6. The van der Waals surface area contributed by atoms with Crippen LogP contribution in [-0.4, -0.2) is 25.8 Å². The molecule has 0 spiro atoms. The SMILES string of the molecule is COc1cc(Br)c(OCC(=O)NN=Cc2ccc(C)o2)c(Br)c1. The average Bonchev–Trinajstić information content (AvgIpc) is 2.91. The van der Waals surface area contributed by atoms with Gasteiger partial charge >= 0.3 is 0 Å². The molecule has 122 valence electrons. The van der Waals surface area contributed by atoms with Gasteiger partial charge in [-0.25, -0.2) is 5.43 Å². The third-order valence-corrected chi connectivity index (χ3v) is 3.88. The van der Waals surface area contributed by atoms with Crippen molar-refractivity contribution in [3.63, 3.8) is 0 Å². The van der Waals surface area contributed by atoms with Gasteiger partial charge in [-0.3, -0.25) is 4.79 Å². The van der Waals surface area contributed by atoms with Gasteiger partial charge in [-0.2, -0.15) is 5.10 Å². The molecule has 0 aliphatic heterocycles. The number of hydrazone groups is 1. The molecule has 0 radical (unpaired) electrons. The van der Waals surface area contributed by atoms with Gasteiger partial charge in [-0.05, 0) is 63.0 Å². The monoisotopic (exact) mass is 444 g/mol. The zero-order valence-electron chi connectivity index (χ0n) is 12.4. The van der Waals surface area contributed by atoms with E-state index in [4.69, 9.17) is 13.9 Å². The van der Waals surface area contributed by atoms with E-state index in [-0.39, 0.29) is 12.5 Å². The fourth-order valence-corrected chi connectivity index (χ4v) is 3.03. The number of hydrogen-bond acceptors (Lipinski definition) is 5. The van der Waals surface area contributed by atoms with Crippen LogP contribution in [0.4, 0.5) is 0 Å². The van der Waals surface area contributed by atoms with Gasteiger partial charge in [-0.15, -0.1) is 0 Å². The number of ether oxygens (including phenoxy) is 2. The summed E-state index contributed by atoms with van der Waals surface area (Å²) in [4.78, 5) is 11.7. The van der Waals surface area contributed by atoms with Crippen molar-refractivity contribution in [1.29, 1.82) is 0 Å². The van der Waals surface area contributed by atoms with Gasteiger partial charge in [0.15, 0.2) is 6.61 Å². The van der Waals surface area contributed by atoms with Crippen molar-refractivity contribution in [3.05, 3.63) is 44.7 Å². The molecule has 0 unspecified atom stereocenters. The van der Waals surface area contributed by atoms with Crippen LogP contribution in [0.15, 0.2) is 42.7 Å². The highest BCUT2D eigenvalue weighted by Gasteiger charge is 2.11. The maximum Gasteiger partial charge on any atom is 0.277 e. The van der Waals surface area contributed by atoms with E-state index in [1.807, 2.05) is 13.0 Å². The van der Waals surface area contributed by atoms with E-state index in [2.05, 4.69) is 42.4 Å². The van der Waals surface area contributed by atoms with Crippen LogP contribution >= 0.6 is 31.9 Å². The van der Waals surface area contributed by atoms with Gasteiger partial charge in [0.05, 0.1) is 22.3 Å². The molecule has 0 atom stereocenters. The third kappa shape index (κ3) is 5.11. The van der Waals surface area contributed by atoms with E-state index in [1.54, 1.807) is 25.3 Å². The number of hydrogen-bond donors (Lipinski definition) is 1. The summed E-state index contributed by atoms with van der Waals surface area (Å²) < 4.78 is 17.2. The number of nitrogens with zero attached hydrogens (tertiary/aromatic N) is 1. The first-order valence-electron chi connectivity index (χ1n) is 6.53. The minimum absolute atomic E-state index is 0.182. The molecule has 0 saturated heterocycles. The maximum atomic E-state index is 11.7. The smallest absolute Gasteiger partial charge is 0.277 e. The van der Waals surface area contributed by atoms with Crippen molar-refractivity contribution in [1.82, 2.24) is 5.43 Å². The molecule has 8 heteroatoms. The fourth-order valence-electron chi connectivity index (χ4n) is 1.65. The number of benzene rings is 1.